The Morgan fingerprint density at radius 3 is 2.61 bits per heavy atom. The van der Waals surface area contributed by atoms with Crippen LogP contribution >= 0.6 is 11.6 Å². The van der Waals surface area contributed by atoms with E-state index in [4.69, 9.17) is 21.2 Å². The van der Waals surface area contributed by atoms with E-state index in [0.717, 1.165) is 6.42 Å². The predicted octanol–water partition coefficient (Wildman–Crippen LogP) is 2.81. The molecule has 0 aliphatic carbocycles. The Morgan fingerprint density at radius 1 is 1.33 bits per heavy atom. The van der Waals surface area contributed by atoms with Crippen LogP contribution in [0.1, 0.15) is 20.3 Å². The lowest BCUT2D eigenvalue weighted by atomic mass is 10.1. The van der Waals surface area contributed by atoms with E-state index in [2.05, 4.69) is 19.3 Å². The molecule has 0 saturated heterocycles. The zero-order chi connectivity index (χ0) is 13.4. The van der Waals surface area contributed by atoms with Gasteiger partial charge in [-0.25, -0.2) is 5.48 Å². The first-order chi connectivity index (χ1) is 8.58. The van der Waals surface area contributed by atoms with E-state index in [-0.39, 0.29) is 12.5 Å². The molecule has 0 heterocycles. The van der Waals surface area contributed by atoms with Gasteiger partial charge >= 0.3 is 0 Å². The highest BCUT2D eigenvalue weighted by atomic mass is 35.5. The highest BCUT2D eigenvalue weighted by Gasteiger charge is 2.03. The van der Waals surface area contributed by atoms with Crippen LogP contribution in [0, 0.1) is 5.92 Å². The standard InChI is InChI=1S/C13H18ClNO3/c1-10(2)7-8-18-15-13(16)9-17-12-5-3-11(14)4-6-12/h3-6,10H,7-9H2,1-2H3,(H,15,16). The average Bonchev–Trinajstić information content (AvgIpc) is 2.34. The van der Waals surface area contributed by atoms with Crippen LogP contribution in [0.5, 0.6) is 5.75 Å². The Labute approximate surface area is 112 Å². The summed E-state index contributed by atoms with van der Waals surface area (Å²) in [7, 11) is 0. The van der Waals surface area contributed by atoms with Gasteiger partial charge in [0.1, 0.15) is 5.75 Å². The second-order valence-corrected chi connectivity index (χ2v) is 4.74. The number of nitrogens with one attached hydrogen (secondary N) is 1. The molecular weight excluding hydrogens is 254 g/mol. The first-order valence-electron chi connectivity index (χ1n) is 5.87. The summed E-state index contributed by atoms with van der Waals surface area (Å²) in [5, 5.41) is 0.629. The molecule has 0 aromatic heterocycles. The average molecular weight is 272 g/mol. The van der Waals surface area contributed by atoms with Crippen LogP contribution in [-0.4, -0.2) is 19.1 Å². The highest BCUT2D eigenvalue weighted by molar-refractivity contribution is 6.30. The fraction of sp³-hybridized carbons (Fsp3) is 0.462. The molecule has 1 N–H and O–H groups in total. The molecule has 0 fully saturated rings. The molecule has 1 amide bonds. The SMILES string of the molecule is CC(C)CCONC(=O)COc1ccc(Cl)cc1. The molecule has 0 spiro atoms. The van der Waals surface area contributed by atoms with Crippen LogP contribution < -0.4 is 10.2 Å². The molecule has 0 aliphatic heterocycles. The van der Waals surface area contributed by atoms with Crippen molar-refractivity contribution >= 4 is 17.5 Å². The van der Waals surface area contributed by atoms with E-state index in [1.54, 1.807) is 24.3 Å². The van der Waals surface area contributed by atoms with Gasteiger partial charge in [0, 0.05) is 5.02 Å². The summed E-state index contributed by atoms with van der Waals surface area (Å²) in [6.07, 6.45) is 0.901. The van der Waals surface area contributed by atoms with Crippen LogP contribution in [-0.2, 0) is 9.63 Å². The van der Waals surface area contributed by atoms with Crippen molar-refractivity contribution in [3.63, 3.8) is 0 Å². The van der Waals surface area contributed by atoms with Crippen LogP contribution in [0.15, 0.2) is 24.3 Å². The van der Waals surface area contributed by atoms with Crippen molar-refractivity contribution in [3.05, 3.63) is 29.3 Å². The normalized spacial score (nSPS) is 10.4. The lowest BCUT2D eigenvalue weighted by Crippen LogP contribution is -2.29. The molecule has 0 atom stereocenters. The molecule has 0 radical (unpaired) electrons. The molecule has 18 heavy (non-hydrogen) atoms. The number of carbonyl (C=O) groups excluding carboxylic acids is 1. The lowest BCUT2D eigenvalue weighted by molar-refractivity contribution is -0.135. The van der Waals surface area contributed by atoms with Crippen LogP contribution in [0.3, 0.4) is 0 Å². The van der Waals surface area contributed by atoms with Gasteiger partial charge in [-0.2, -0.15) is 0 Å². The maximum atomic E-state index is 11.3. The Kier molecular flexibility index (Phi) is 6.54. The molecule has 4 nitrogen and oxygen atoms in total. The van der Waals surface area contributed by atoms with Crippen molar-refractivity contribution < 1.29 is 14.4 Å². The van der Waals surface area contributed by atoms with Gasteiger partial charge in [0.05, 0.1) is 6.61 Å². The van der Waals surface area contributed by atoms with Crippen LogP contribution in [0.4, 0.5) is 0 Å². The van der Waals surface area contributed by atoms with Crippen molar-refractivity contribution in [2.75, 3.05) is 13.2 Å². The third-order valence-electron chi connectivity index (χ3n) is 2.17. The van der Waals surface area contributed by atoms with E-state index in [0.29, 0.717) is 23.3 Å². The van der Waals surface area contributed by atoms with Gasteiger partial charge in [0.25, 0.3) is 5.91 Å². The fourth-order valence-corrected chi connectivity index (χ4v) is 1.26. The summed E-state index contributed by atoms with van der Waals surface area (Å²) < 4.78 is 5.25. The largest absolute Gasteiger partial charge is 0.484 e. The maximum Gasteiger partial charge on any atom is 0.281 e. The van der Waals surface area contributed by atoms with Crippen molar-refractivity contribution in [2.45, 2.75) is 20.3 Å². The summed E-state index contributed by atoms with van der Waals surface area (Å²) in [5.41, 5.74) is 2.33. The van der Waals surface area contributed by atoms with Crippen molar-refractivity contribution in [3.8, 4) is 5.75 Å². The van der Waals surface area contributed by atoms with Crippen molar-refractivity contribution in [2.24, 2.45) is 5.92 Å². The molecule has 0 aliphatic rings. The third-order valence-corrected chi connectivity index (χ3v) is 2.42. The van der Waals surface area contributed by atoms with Gasteiger partial charge < -0.3 is 4.74 Å². The molecule has 1 rings (SSSR count). The number of carbonyl (C=O) groups is 1. The van der Waals surface area contributed by atoms with E-state index in [1.165, 1.54) is 0 Å². The number of halogens is 1. The molecular formula is C13H18ClNO3. The Morgan fingerprint density at radius 2 is 2.00 bits per heavy atom. The minimum absolute atomic E-state index is 0.0800. The summed E-state index contributed by atoms with van der Waals surface area (Å²) >= 11 is 5.73. The van der Waals surface area contributed by atoms with Crippen LogP contribution in [0.2, 0.25) is 5.02 Å². The summed E-state index contributed by atoms with van der Waals surface area (Å²) in [6.45, 7) is 4.61. The van der Waals surface area contributed by atoms with E-state index in [9.17, 15) is 4.79 Å². The third kappa shape index (κ3) is 6.47. The van der Waals surface area contributed by atoms with Crippen LogP contribution in [0.25, 0.3) is 0 Å². The van der Waals surface area contributed by atoms with Gasteiger partial charge in [-0.15, -0.1) is 0 Å². The van der Waals surface area contributed by atoms with Gasteiger partial charge in [-0.05, 0) is 36.6 Å². The van der Waals surface area contributed by atoms with Crippen molar-refractivity contribution in [1.82, 2.24) is 5.48 Å². The monoisotopic (exact) mass is 271 g/mol. The number of rotatable bonds is 7. The number of hydroxylamine groups is 1. The second kappa shape index (κ2) is 7.95. The van der Waals surface area contributed by atoms with E-state index < -0.39 is 0 Å². The molecule has 0 saturated carbocycles. The molecule has 0 bridgehead atoms. The smallest absolute Gasteiger partial charge is 0.281 e. The lowest BCUT2D eigenvalue weighted by Gasteiger charge is -2.08. The quantitative estimate of drug-likeness (QED) is 0.613. The number of benzene rings is 1. The van der Waals surface area contributed by atoms with Gasteiger partial charge in [-0.1, -0.05) is 25.4 Å². The van der Waals surface area contributed by atoms with Crippen molar-refractivity contribution in [1.29, 1.82) is 0 Å². The molecule has 1 aromatic carbocycles. The molecule has 5 heteroatoms. The topological polar surface area (TPSA) is 47.6 Å². The predicted molar refractivity (Wildman–Crippen MR) is 70.5 cm³/mol. The Hall–Kier alpha value is -1.26. The summed E-state index contributed by atoms with van der Waals surface area (Å²) in [5.74, 6) is 0.831. The number of ether oxygens (including phenoxy) is 1. The first kappa shape index (κ1) is 14.8. The first-order valence-corrected chi connectivity index (χ1v) is 6.24. The van der Waals surface area contributed by atoms with Gasteiger partial charge in [0.15, 0.2) is 6.61 Å². The number of hydrogen-bond acceptors (Lipinski definition) is 3. The number of hydrogen-bond donors (Lipinski definition) is 1. The summed E-state index contributed by atoms with van der Waals surface area (Å²) in [4.78, 5) is 16.4. The molecule has 100 valence electrons. The molecule has 0 unspecified atom stereocenters. The van der Waals surface area contributed by atoms with E-state index in [1.807, 2.05) is 0 Å². The Bertz CT molecular complexity index is 365. The second-order valence-electron chi connectivity index (χ2n) is 4.30. The minimum atomic E-state index is -0.311. The zero-order valence-electron chi connectivity index (χ0n) is 10.6. The Balaban J connectivity index is 2.15. The molecule has 1 aromatic rings. The highest BCUT2D eigenvalue weighted by Crippen LogP contribution is 2.15. The summed E-state index contributed by atoms with van der Waals surface area (Å²) in [6, 6.07) is 6.81. The minimum Gasteiger partial charge on any atom is -0.484 e. The van der Waals surface area contributed by atoms with E-state index >= 15 is 0 Å². The van der Waals surface area contributed by atoms with Gasteiger partial charge in [-0.3, -0.25) is 9.63 Å². The zero-order valence-corrected chi connectivity index (χ0v) is 11.4. The maximum absolute atomic E-state index is 11.3. The fourth-order valence-electron chi connectivity index (χ4n) is 1.14. The van der Waals surface area contributed by atoms with Gasteiger partial charge in [0.2, 0.25) is 0 Å². The number of amides is 1.